The molecule has 3 nitrogen and oxygen atoms in total. The van der Waals surface area contributed by atoms with Crippen molar-refractivity contribution in [1.29, 1.82) is 0 Å². The summed E-state index contributed by atoms with van der Waals surface area (Å²) in [6.07, 6.45) is 0. The molecule has 1 heterocycles. The monoisotopic (exact) mass is 340 g/mol. The van der Waals surface area contributed by atoms with Crippen molar-refractivity contribution in [2.24, 2.45) is 0 Å². The van der Waals surface area contributed by atoms with Gasteiger partial charge in [-0.15, -0.1) is 11.3 Å². The Bertz CT molecular complexity index is 530. The first kappa shape index (κ1) is 14.5. The number of likely N-dealkylation sites (N-methyl/N-ethyl adjacent to an activating group) is 1. The van der Waals surface area contributed by atoms with Crippen molar-refractivity contribution in [2.75, 3.05) is 20.2 Å². The summed E-state index contributed by atoms with van der Waals surface area (Å²) in [4.78, 5) is 7.84. The molecule has 0 unspecified atom stereocenters. The Morgan fingerprint density at radius 3 is 2.95 bits per heavy atom. The van der Waals surface area contributed by atoms with Crippen molar-refractivity contribution in [3.63, 3.8) is 0 Å². The van der Waals surface area contributed by atoms with Crippen LogP contribution in [-0.2, 0) is 6.54 Å². The van der Waals surface area contributed by atoms with E-state index in [0.717, 1.165) is 29.0 Å². The zero-order valence-electron chi connectivity index (χ0n) is 11.1. The van der Waals surface area contributed by atoms with Gasteiger partial charge in [-0.05, 0) is 32.2 Å². The molecule has 0 aliphatic rings. The molecule has 5 heteroatoms. The topological polar surface area (TPSA) is 25.4 Å². The lowest BCUT2D eigenvalue weighted by molar-refractivity contribution is 0.233. The first-order chi connectivity index (χ1) is 9.15. The molecule has 19 heavy (non-hydrogen) atoms. The smallest absolute Gasteiger partial charge is 0.120 e. The van der Waals surface area contributed by atoms with Crippen LogP contribution in [0.5, 0.6) is 5.75 Å². The maximum Gasteiger partial charge on any atom is 0.120 e. The number of aryl methyl sites for hydroxylation is 1. The van der Waals surface area contributed by atoms with Crippen LogP contribution >= 0.6 is 27.3 Å². The number of rotatable bonds is 6. The number of thiazole rings is 1. The Morgan fingerprint density at radius 2 is 2.26 bits per heavy atom. The Morgan fingerprint density at radius 1 is 1.42 bits per heavy atom. The van der Waals surface area contributed by atoms with E-state index in [1.807, 2.05) is 29.8 Å². The van der Waals surface area contributed by atoms with Crippen LogP contribution in [0.2, 0.25) is 0 Å². The molecule has 0 spiro atoms. The summed E-state index contributed by atoms with van der Waals surface area (Å²) in [6, 6.07) is 7.92. The lowest BCUT2D eigenvalue weighted by Gasteiger charge is -2.16. The third kappa shape index (κ3) is 4.60. The van der Waals surface area contributed by atoms with E-state index < -0.39 is 0 Å². The zero-order chi connectivity index (χ0) is 13.7. The molecule has 0 bridgehead atoms. The molecule has 0 saturated carbocycles. The molecular formula is C14H17BrN2OS. The Labute approximate surface area is 126 Å². The summed E-state index contributed by atoms with van der Waals surface area (Å²) in [5.41, 5.74) is 3.03. The van der Waals surface area contributed by atoms with E-state index in [4.69, 9.17) is 4.74 Å². The molecule has 2 rings (SSSR count). The van der Waals surface area contributed by atoms with Gasteiger partial charge in [-0.3, -0.25) is 4.90 Å². The number of hydrogen-bond acceptors (Lipinski definition) is 4. The van der Waals surface area contributed by atoms with Crippen LogP contribution < -0.4 is 4.74 Å². The first-order valence-electron chi connectivity index (χ1n) is 6.11. The van der Waals surface area contributed by atoms with Gasteiger partial charge in [0, 0.05) is 22.4 Å². The van der Waals surface area contributed by atoms with Crippen LogP contribution in [0.1, 0.15) is 10.6 Å². The van der Waals surface area contributed by atoms with Crippen molar-refractivity contribution in [3.05, 3.63) is 44.8 Å². The van der Waals surface area contributed by atoms with E-state index in [1.54, 1.807) is 11.3 Å². The SMILES string of the molecule is Cc1ncsc1CN(C)CCOc1cccc(Br)c1. The molecule has 1 aromatic heterocycles. The van der Waals surface area contributed by atoms with E-state index >= 15 is 0 Å². The number of aromatic nitrogens is 1. The van der Waals surface area contributed by atoms with Crippen LogP contribution in [0.4, 0.5) is 0 Å². The third-order valence-corrected chi connectivity index (χ3v) is 4.21. The number of nitrogens with zero attached hydrogens (tertiary/aromatic N) is 2. The van der Waals surface area contributed by atoms with Crippen molar-refractivity contribution in [3.8, 4) is 5.75 Å². The highest BCUT2D eigenvalue weighted by atomic mass is 79.9. The van der Waals surface area contributed by atoms with Gasteiger partial charge in [-0.1, -0.05) is 22.0 Å². The maximum absolute atomic E-state index is 5.72. The minimum absolute atomic E-state index is 0.685. The summed E-state index contributed by atoms with van der Waals surface area (Å²) in [7, 11) is 2.10. The van der Waals surface area contributed by atoms with Crippen LogP contribution in [-0.4, -0.2) is 30.1 Å². The van der Waals surface area contributed by atoms with Crippen LogP contribution in [0, 0.1) is 6.92 Å². The molecule has 0 aliphatic heterocycles. The highest BCUT2D eigenvalue weighted by Gasteiger charge is 2.05. The average Bonchev–Trinajstić information content (AvgIpc) is 2.75. The molecule has 0 fully saturated rings. The van der Waals surface area contributed by atoms with Gasteiger partial charge in [0.15, 0.2) is 0 Å². The van der Waals surface area contributed by atoms with Crippen LogP contribution in [0.15, 0.2) is 34.2 Å². The number of hydrogen-bond donors (Lipinski definition) is 0. The lowest BCUT2D eigenvalue weighted by Crippen LogP contribution is -2.23. The third-order valence-electron chi connectivity index (χ3n) is 2.80. The molecule has 2 aromatic rings. The Hall–Kier alpha value is -0.910. The molecular weight excluding hydrogens is 324 g/mol. The van der Waals surface area contributed by atoms with Gasteiger partial charge in [0.1, 0.15) is 12.4 Å². The average molecular weight is 341 g/mol. The lowest BCUT2D eigenvalue weighted by atomic mass is 10.3. The molecule has 102 valence electrons. The second kappa shape index (κ2) is 7.03. The normalized spacial score (nSPS) is 10.9. The standard InChI is InChI=1S/C14H17BrN2OS/c1-11-14(19-10-16-11)9-17(2)6-7-18-13-5-3-4-12(15)8-13/h3-5,8,10H,6-7,9H2,1-2H3. The van der Waals surface area contributed by atoms with E-state index in [-0.39, 0.29) is 0 Å². The fourth-order valence-corrected chi connectivity index (χ4v) is 2.91. The van der Waals surface area contributed by atoms with Gasteiger partial charge in [0.05, 0.1) is 11.2 Å². The van der Waals surface area contributed by atoms with Crippen LogP contribution in [0.3, 0.4) is 0 Å². The number of halogens is 1. The Kier molecular flexibility index (Phi) is 5.36. The minimum atomic E-state index is 0.685. The van der Waals surface area contributed by atoms with Crippen LogP contribution in [0.25, 0.3) is 0 Å². The highest BCUT2D eigenvalue weighted by molar-refractivity contribution is 9.10. The zero-order valence-corrected chi connectivity index (χ0v) is 13.5. The first-order valence-corrected chi connectivity index (χ1v) is 7.78. The molecule has 0 atom stereocenters. The summed E-state index contributed by atoms with van der Waals surface area (Å²) < 4.78 is 6.76. The van der Waals surface area contributed by atoms with Gasteiger partial charge >= 0.3 is 0 Å². The van der Waals surface area contributed by atoms with Crippen molar-refractivity contribution >= 4 is 27.3 Å². The molecule has 0 radical (unpaired) electrons. The Balaban J connectivity index is 1.75. The number of benzene rings is 1. The quantitative estimate of drug-likeness (QED) is 0.801. The van der Waals surface area contributed by atoms with Gasteiger partial charge in [-0.25, -0.2) is 4.98 Å². The van der Waals surface area contributed by atoms with Gasteiger partial charge in [-0.2, -0.15) is 0 Å². The van der Waals surface area contributed by atoms with E-state index in [0.29, 0.717) is 6.61 Å². The van der Waals surface area contributed by atoms with Gasteiger partial charge in [0.2, 0.25) is 0 Å². The minimum Gasteiger partial charge on any atom is -0.492 e. The summed E-state index contributed by atoms with van der Waals surface area (Å²) in [5.74, 6) is 0.900. The summed E-state index contributed by atoms with van der Waals surface area (Å²) in [6.45, 7) is 4.56. The molecule has 0 aliphatic carbocycles. The van der Waals surface area contributed by atoms with Gasteiger partial charge in [0.25, 0.3) is 0 Å². The second-order valence-corrected chi connectivity index (χ2v) is 6.26. The fraction of sp³-hybridized carbons (Fsp3) is 0.357. The van der Waals surface area contributed by atoms with Crippen molar-refractivity contribution < 1.29 is 4.74 Å². The van der Waals surface area contributed by atoms with Crippen molar-refractivity contribution in [1.82, 2.24) is 9.88 Å². The predicted octanol–water partition coefficient (Wildman–Crippen LogP) is 3.72. The maximum atomic E-state index is 5.72. The largest absolute Gasteiger partial charge is 0.492 e. The number of ether oxygens (including phenoxy) is 1. The van der Waals surface area contributed by atoms with E-state index in [2.05, 4.69) is 39.8 Å². The second-order valence-electron chi connectivity index (χ2n) is 4.40. The summed E-state index contributed by atoms with van der Waals surface area (Å²) in [5, 5.41) is 0. The fourth-order valence-electron chi connectivity index (χ4n) is 1.68. The molecule has 0 saturated heterocycles. The molecule has 0 amide bonds. The van der Waals surface area contributed by atoms with Gasteiger partial charge < -0.3 is 4.74 Å². The van der Waals surface area contributed by atoms with Crippen molar-refractivity contribution in [2.45, 2.75) is 13.5 Å². The highest BCUT2D eigenvalue weighted by Crippen LogP contribution is 2.18. The van der Waals surface area contributed by atoms with E-state index in [1.165, 1.54) is 4.88 Å². The van der Waals surface area contributed by atoms with E-state index in [9.17, 15) is 0 Å². The molecule has 1 aromatic carbocycles. The summed E-state index contributed by atoms with van der Waals surface area (Å²) >= 11 is 5.14. The molecule has 0 N–H and O–H groups in total. The predicted molar refractivity (Wildman–Crippen MR) is 82.8 cm³/mol.